The smallest absolute Gasteiger partial charge is 0.204 e. The van der Waals surface area contributed by atoms with Gasteiger partial charge in [-0.25, -0.2) is 0 Å². The van der Waals surface area contributed by atoms with Crippen molar-refractivity contribution in [2.24, 2.45) is 0 Å². The van der Waals surface area contributed by atoms with Gasteiger partial charge in [0.25, 0.3) is 0 Å². The summed E-state index contributed by atoms with van der Waals surface area (Å²) in [5.74, 6) is 2.69. The van der Waals surface area contributed by atoms with Crippen LogP contribution in [0.15, 0.2) is 73.3 Å². The number of hydrogen-bond donors (Lipinski definition) is 0. The van der Waals surface area contributed by atoms with Gasteiger partial charge in [-0.15, -0.1) is 0 Å². The molecule has 0 saturated heterocycles. The van der Waals surface area contributed by atoms with Gasteiger partial charge in [0.2, 0.25) is 5.75 Å². The van der Waals surface area contributed by atoms with Crippen LogP contribution in [0.25, 0.3) is 11.1 Å². The molecule has 0 aliphatic carbocycles. The molecule has 4 nitrogen and oxygen atoms in total. The third-order valence-electron chi connectivity index (χ3n) is 5.17. The number of ether oxygens (including phenoxy) is 4. The quantitative estimate of drug-likeness (QED) is 0.352. The van der Waals surface area contributed by atoms with Crippen LogP contribution in [0.5, 0.6) is 23.0 Å². The molecule has 162 valence electrons. The Kier molecular flexibility index (Phi) is 7.99. The van der Waals surface area contributed by atoms with Crippen molar-refractivity contribution in [3.63, 3.8) is 0 Å². The Hall–Kier alpha value is -3.40. The van der Waals surface area contributed by atoms with Crippen LogP contribution in [0.1, 0.15) is 17.5 Å². The zero-order valence-electron chi connectivity index (χ0n) is 18.5. The molecule has 0 bridgehead atoms. The van der Waals surface area contributed by atoms with E-state index in [4.69, 9.17) is 18.9 Å². The second-order valence-corrected chi connectivity index (χ2v) is 7.12. The minimum atomic E-state index is 0.427. The van der Waals surface area contributed by atoms with Crippen molar-refractivity contribution in [2.75, 3.05) is 27.9 Å². The van der Waals surface area contributed by atoms with E-state index in [1.165, 1.54) is 5.56 Å². The van der Waals surface area contributed by atoms with E-state index in [1.54, 1.807) is 27.4 Å². The highest BCUT2D eigenvalue weighted by molar-refractivity contribution is 5.81. The van der Waals surface area contributed by atoms with E-state index in [-0.39, 0.29) is 0 Å². The van der Waals surface area contributed by atoms with Crippen molar-refractivity contribution in [3.8, 4) is 34.1 Å². The first-order valence-corrected chi connectivity index (χ1v) is 10.4. The summed E-state index contributed by atoms with van der Waals surface area (Å²) in [6.45, 7) is 4.18. The highest BCUT2D eigenvalue weighted by Gasteiger charge is 2.23. The number of hydrogen-bond acceptors (Lipinski definition) is 4. The fraction of sp³-hybridized carbons (Fsp3) is 0.259. The van der Waals surface area contributed by atoms with Gasteiger partial charge >= 0.3 is 0 Å². The van der Waals surface area contributed by atoms with Crippen LogP contribution in [0.4, 0.5) is 0 Å². The van der Waals surface area contributed by atoms with Crippen molar-refractivity contribution in [1.82, 2.24) is 0 Å². The Morgan fingerprint density at radius 1 is 0.742 bits per heavy atom. The third-order valence-corrected chi connectivity index (χ3v) is 5.17. The summed E-state index contributed by atoms with van der Waals surface area (Å²) in [7, 11) is 4.94. The molecule has 0 aromatic heterocycles. The van der Waals surface area contributed by atoms with Crippen LogP contribution in [-0.4, -0.2) is 27.9 Å². The molecule has 3 rings (SSSR count). The highest BCUT2D eigenvalue weighted by atomic mass is 16.5. The Balaban J connectivity index is 2.03. The van der Waals surface area contributed by atoms with E-state index < -0.39 is 0 Å². The molecule has 3 aromatic rings. The van der Waals surface area contributed by atoms with Crippen LogP contribution >= 0.6 is 0 Å². The maximum absolute atomic E-state index is 5.90. The lowest BCUT2D eigenvalue weighted by Crippen LogP contribution is -2.03. The van der Waals surface area contributed by atoms with Gasteiger partial charge in [0.05, 0.1) is 21.3 Å². The predicted octanol–water partition coefficient (Wildman–Crippen LogP) is 6.12. The molecular weight excluding hydrogens is 388 g/mol. The largest absolute Gasteiger partial charge is 0.492 e. The van der Waals surface area contributed by atoms with Gasteiger partial charge in [-0.3, -0.25) is 0 Å². The van der Waals surface area contributed by atoms with Gasteiger partial charge in [0, 0.05) is 11.1 Å². The second-order valence-electron chi connectivity index (χ2n) is 7.12. The Labute approximate surface area is 185 Å². The maximum atomic E-state index is 5.90. The standard InChI is InChI=1S/C27H30O4/c1-5-18-31-24-17-10-9-16-22(24)23-19-21(15-11-14-20-12-7-6-8-13-20)25(28-2)27(30-4)26(23)29-3/h5-10,12-13,16-17,19H,1,11,14-15,18H2,2-4H3. The molecule has 0 atom stereocenters. The minimum Gasteiger partial charge on any atom is -0.492 e. The zero-order chi connectivity index (χ0) is 22.1. The average Bonchev–Trinajstić information content (AvgIpc) is 2.82. The number of benzene rings is 3. The van der Waals surface area contributed by atoms with Crippen molar-refractivity contribution in [2.45, 2.75) is 19.3 Å². The molecule has 0 unspecified atom stereocenters. The van der Waals surface area contributed by atoms with E-state index in [0.717, 1.165) is 41.7 Å². The first-order chi connectivity index (χ1) is 15.2. The SMILES string of the molecule is C=CCOc1ccccc1-c1cc(CCCc2ccccc2)c(OC)c(OC)c1OC. The van der Waals surface area contributed by atoms with Gasteiger partial charge in [-0.05, 0) is 42.5 Å². The van der Waals surface area contributed by atoms with E-state index in [9.17, 15) is 0 Å². The first kappa shape index (κ1) is 22.3. The summed E-state index contributed by atoms with van der Waals surface area (Å²) in [6, 6.07) is 20.5. The Morgan fingerprint density at radius 3 is 2.10 bits per heavy atom. The monoisotopic (exact) mass is 418 g/mol. The second kappa shape index (κ2) is 11.1. The molecule has 0 aliphatic rings. The van der Waals surface area contributed by atoms with Crippen LogP contribution in [0.2, 0.25) is 0 Å². The lowest BCUT2D eigenvalue weighted by Gasteiger charge is -2.21. The molecule has 0 radical (unpaired) electrons. The molecular formula is C27H30O4. The molecule has 4 heteroatoms. The fourth-order valence-corrected chi connectivity index (χ4v) is 3.77. The minimum absolute atomic E-state index is 0.427. The predicted molar refractivity (Wildman–Crippen MR) is 126 cm³/mol. The highest BCUT2D eigenvalue weighted by Crippen LogP contribution is 2.48. The number of rotatable bonds is 11. The van der Waals surface area contributed by atoms with Gasteiger partial charge in [0.1, 0.15) is 12.4 Å². The molecule has 0 saturated carbocycles. The summed E-state index contributed by atoms with van der Waals surface area (Å²) >= 11 is 0. The van der Waals surface area contributed by atoms with E-state index in [1.807, 2.05) is 30.3 Å². The third kappa shape index (κ3) is 5.21. The molecule has 0 aliphatic heterocycles. The molecule has 0 spiro atoms. The van der Waals surface area contributed by atoms with Crippen LogP contribution in [0, 0.1) is 0 Å². The lowest BCUT2D eigenvalue weighted by atomic mass is 9.96. The van der Waals surface area contributed by atoms with E-state index >= 15 is 0 Å². The summed E-state index contributed by atoms with van der Waals surface area (Å²) in [5, 5.41) is 0. The molecule has 0 heterocycles. The van der Waals surface area contributed by atoms with Gasteiger partial charge in [-0.2, -0.15) is 0 Å². The van der Waals surface area contributed by atoms with E-state index in [2.05, 4.69) is 36.9 Å². The lowest BCUT2D eigenvalue weighted by molar-refractivity contribution is 0.322. The van der Waals surface area contributed by atoms with Crippen molar-refractivity contribution < 1.29 is 18.9 Å². The van der Waals surface area contributed by atoms with Gasteiger partial charge in [0.15, 0.2) is 11.5 Å². The molecule has 0 fully saturated rings. The zero-order valence-corrected chi connectivity index (χ0v) is 18.5. The molecule has 0 amide bonds. The average molecular weight is 419 g/mol. The van der Waals surface area contributed by atoms with E-state index in [0.29, 0.717) is 23.9 Å². The number of aryl methyl sites for hydroxylation is 2. The topological polar surface area (TPSA) is 36.9 Å². The molecule has 31 heavy (non-hydrogen) atoms. The fourth-order valence-electron chi connectivity index (χ4n) is 3.77. The first-order valence-electron chi connectivity index (χ1n) is 10.4. The number of para-hydroxylation sites is 1. The van der Waals surface area contributed by atoms with Crippen molar-refractivity contribution in [1.29, 1.82) is 0 Å². The maximum Gasteiger partial charge on any atom is 0.204 e. The number of methoxy groups -OCH3 is 3. The van der Waals surface area contributed by atoms with Gasteiger partial charge < -0.3 is 18.9 Å². The normalized spacial score (nSPS) is 10.4. The van der Waals surface area contributed by atoms with Crippen LogP contribution < -0.4 is 18.9 Å². The Bertz CT molecular complexity index is 996. The molecule has 3 aromatic carbocycles. The Morgan fingerprint density at radius 2 is 1.42 bits per heavy atom. The van der Waals surface area contributed by atoms with Gasteiger partial charge in [-0.1, -0.05) is 61.2 Å². The summed E-state index contributed by atoms with van der Waals surface area (Å²) < 4.78 is 23.2. The van der Waals surface area contributed by atoms with Crippen LogP contribution in [0.3, 0.4) is 0 Å². The van der Waals surface area contributed by atoms with Crippen LogP contribution in [-0.2, 0) is 12.8 Å². The molecule has 0 N–H and O–H groups in total. The summed E-state index contributed by atoms with van der Waals surface area (Å²) in [4.78, 5) is 0. The van der Waals surface area contributed by atoms with Crippen molar-refractivity contribution >= 4 is 0 Å². The summed E-state index contributed by atoms with van der Waals surface area (Å²) in [5.41, 5.74) is 4.25. The summed E-state index contributed by atoms with van der Waals surface area (Å²) in [6.07, 6.45) is 4.56. The van der Waals surface area contributed by atoms with Crippen molar-refractivity contribution in [3.05, 3.63) is 84.4 Å².